The number of pyridine rings is 1. The van der Waals surface area contributed by atoms with Crippen molar-refractivity contribution < 1.29 is 13.2 Å². The number of sulfonamides is 1. The first-order chi connectivity index (χ1) is 15.7. The van der Waals surface area contributed by atoms with E-state index in [2.05, 4.69) is 31.1 Å². The minimum atomic E-state index is -3.92. The van der Waals surface area contributed by atoms with Gasteiger partial charge in [0.1, 0.15) is 6.04 Å². The van der Waals surface area contributed by atoms with Crippen LogP contribution >= 0.6 is 0 Å². The fourth-order valence-corrected chi connectivity index (χ4v) is 5.74. The molecule has 0 radical (unpaired) electrons. The van der Waals surface area contributed by atoms with E-state index in [0.29, 0.717) is 25.1 Å². The first kappa shape index (κ1) is 23.0. The van der Waals surface area contributed by atoms with Crippen LogP contribution in [0.4, 0.5) is 5.69 Å². The third-order valence-electron chi connectivity index (χ3n) is 5.97. The van der Waals surface area contributed by atoms with Gasteiger partial charge >= 0.3 is 0 Å². The van der Waals surface area contributed by atoms with Gasteiger partial charge in [0.25, 0.3) is 10.0 Å². The Balaban J connectivity index is 1.59. The van der Waals surface area contributed by atoms with E-state index in [9.17, 15) is 13.2 Å². The molecule has 172 valence electrons. The topological polar surface area (TPSA) is 79.4 Å². The summed E-state index contributed by atoms with van der Waals surface area (Å²) in [5.74, 6) is -0.296. The molecule has 0 saturated heterocycles. The SMILES string of the molecule is CC(C)(C)c1ccc(S(=O)(=O)N2c3ccccc3C[C@H]2C(=O)NCCc2ccncc2)cc1. The standard InChI is InChI=1S/C26H29N3O3S/c1-26(2,3)21-8-10-22(11-9-21)33(31,32)29-23-7-5-4-6-20(23)18-24(29)25(30)28-17-14-19-12-15-27-16-13-19/h4-13,15-16,24H,14,17-18H2,1-3H3,(H,28,30)/t24-/m0/s1. The number of hydrogen-bond donors (Lipinski definition) is 1. The minimum Gasteiger partial charge on any atom is -0.354 e. The van der Waals surface area contributed by atoms with Crippen LogP contribution in [0.15, 0.2) is 78.0 Å². The number of amides is 1. The summed E-state index contributed by atoms with van der Waals surface area (Å²) < 4.78 is 28.7. The number of rotatable bonds is 6. The fourth-order valence-electron chi connectivity index (χ4n) is 4.09. The molecule has 0 fully saturated rings. The predicted octanol–water partition coefficient (Wildman–Crippen LogP) is 3.86. The quantitative estimate of drug-likeness (QED) is 0.602. The molecule has 4 rings (SSSR count). The third-order valence-corrected chi connectivity index (χ3v) is 7.80. The number of fused-ring (bicyclic) bond motifs is 1. The second-order valence-corrected chi connectivity index (χ2v) is 11.1. The minimum absolute atomic E-state index is 0.0836. The summed E-state index contributed by atoms with van der Waals surface area (Å²) in [6.07, 6.45) is 4.42. The van der Waals surface area contributed by atoms with Crippen molar-refractivity contribution in [1.29, 1.82) is 0 Å². The van der Waals surface area contributed by atoms with Crippen LogP contribution in [0.2, 0.25) is 0 Å². The molecule has 6 nitrogen and oxygen atoms in total. The van der Waals surface area contributed by atoms with Gasteiger partial charge in [0.05, 0.1) is 10.6 Å². The molecule has 0 aliphatic carbocycles. The predicted molar refractivity (Wildman–Crippen MR) is 130 cm³/mol. The largest absolute Gasteiger partial charge is 0.354 e. The number of para-hydroxylation sites is 1. The summed E-state index contributed by atoms with van der Waals surface area (Å²) in [4.78, 5) is 17.3. The van der Waals surface area contributed by atoms with Crippen molar-refractivity contribution in [3.8, 4) is 0 Å². The van der Waals surface area contributed by atoms with Gasteiger partial charge in [-0.05, 0) is 58.9 Å². The lowest BCUT2D eigenvalue weighted by atomic mass is 9.87. The maximum absolute atomic E-state index is 13.7. The number of nitrogens with zero attached hydrogens (tertiary/aromatic N) is 2. The molecule has 3 aromatic rings. The van der Waals surface area contributed by atoms with Crippen LogP contribution < -0.4 is 9.62 Å². The zero-order valence-electron chi connectivity index (χ0n) is 19.2. The normalized spacial score (nSPS) is 15.8. The molecule has 0 unspecified atom stereocenters. The van der Waals surface area contributed by atoms with E-state index in [1.165, 1.54) is 4.31 Å². The Morgan fingerprint density at radius 3 is 2.36 bits per heavy atom. The van der Waals surface area contributed by atoms with Crippen LogP contribution in [0.25, 0.3) is 0 Å². The van der Waals surface area contributed by atoms with E-state index in [1.807, 2.05) is 36.4 Å². The van der Waals surface area contributed by atoms with Crippen molar-refractivity contribution in [2.45, 2.75) is 50.0 Å². The summed E-state index contributed by atoms with van der Waals surface area (Å²) in [5.41, 5.74) is 3.44. The molecule has 2 aromatic carbocycles. The van der Waals surface area contributed by atoms with Gasteiger partial charge in [0, 0.05) is 25.4 Å². The van der Waals surface area contributed by atoms with Crippen LogP contribution in [0.5, 0.6) is 0 Å². The lowest BCUT2D eigenvalue weighted by Crippen LogP contribution is -2.48. The number of nitrogens with one attached hydrogen (secondary N) is 1. The zero-order valence-corrected chi connectivity index (χ0v) is 20.0. The van der Waals surface area contributed by atoms with Crippen LogP contribution in [-0.2, 0) is 33.1 Å². The van der Waals surface area contributed by atoms with Crippen molar-refractivity contribution in [3.63, 3.8) is 0 Å². The maximum Gasteiger partial charge on any atom is 0.265 e. The molecule has 1 atom stereocenters. The molecule has 1 aliphatic heterocycles. The van der Waals surface area contributed by atoms with Gasteiger partial charge in [0.15, 0.2) is 0 Å². The highest BCUT2D eigenvalue weighted by Gasteiger charge is 2.42. The van der Waals surface area contributed by atoms with Gasteiger partial charge in [-0.15, -0.1) is 0 Å². The van der Waals surface area contributed by atoms with Crippen LogP contribution in [0.1, 0.15) is 37.5 Å². The molecular formula is C26H29N3O3S. The van der Waals surface area contributed by atoms with Gasteiger partial charge < -0.3 is 5.32 Å². The third kappa shape index (κ3) is 4.78. The highest BCUT2D eigenvalue weighted by Crippen LogP contribution is 2.37. The van der Waals surface area contributed by atoms with Crippen molar-refractivity contribution in [1.82, 2.24) is 10.3 Å². The fraction of sp³-hybridized carbons (Fsp3) is 0.308. The number of anilines is 1. The molecule has 0 spiro atoms. The number of carbonyl (C=O) groups is 1. The number of aromatic nitrogens is 1. The molecule has 1 aliphatic rings. The second-order valence-electron chi connectivity index (χ2n) is 9.32. The first-order valence-corrected chi connectivity index (χ1v) is 12.5. The Labute approximate surface area is 195 Å². The summed E-state index contributed by atoms with van der Waals surface area (Å²) in [7, 11) is -3.92. The smallest absolute Gasteiger partial charge is 0.265 e. The van der Waals surface area contributed by atoms with Crippen molar-refractivity contribution in [2.24, 2.45) is 0 Å². The zero-order chi connectivity index (χ0) is 23.6. The van der Waals surface area contributed by atoms with E-state index in [-0.39, 0.29) is 16.2 Å². The lowest BCUT2D eigenvalue weighted by Gasteiger charge is -2.27. The Morgan fingerprint density at radius 2 is 1.70 bits per heavy atom. The maximum atomic E-state index is 13.7. The van der Waals surface area contributed by atoms with E-state index in [1.54, 1.807) is 36.7 Å². The number of benzene rings is 2. The summed E-state index contributed by atoms with van der Waals surface area (Å²) in [6, 6.07) is 17.2. The molecule has 1 aromatic heterocycles. The Bertz CT molecular complexity index is 1230. The second kappa shape index (κ2) is 8.98. The molecule has 1 N–H and O–H groups in total. The molecule has 2 heterocycles. The van der Waals surface area contributed by atoms with Crippen molar-refractivity contribution in [2.75, 3.05) is 10.8 Å². The average molecular weight is 464 g/mol. The van der Waals surface area contributed by atoms with Crippen molar-refractivity contribution >= 4 is 21.6 Å². The Hall–Kier alpha value is -3.19. The average Bonchev–Trinajstić information content (AvgIpc) is 3.20. The van der Waals surface area contributed by atoms with E-state index in [0.717, 1.165) is 16.7 Å². The molecule has 0 saturated carbocycles. The van der Waals surface area contributed by atoms with Crippen LogP contribution in [-0.4, -0.2) is 31.9 Å². The number of carbonyl (C=O) groups excluding carboxylic acids is 1. The lowest BCUT2D eigenvalue weighted by molar-refractivity contribution is -0.122. The molecule has 1 amide bonds. The molecular weight excluding hydrogens is 434 g/mol. The highest BCUT2D eigenvalue weighted by molar-refractivity contribution is 7.93. The Morgan fingerprint density at radius 1 is 1.03 bits per heavy atom. The summed E-state index contributed by atoms with van der Waals surface area (Å²) in [5, 5.41) is 2.93. The summed E-state index contributed by atoms with van der Waals surface area (Å²) >= 11 is 0. The highest BCUT2D eigenvalue weighted by atomic mass is 32.2. The first-order valence-electron chi connectivity index (χ1n) is 11.1. The monoisotopic (exact) mass is 463 g/mol. The van der Waals surface area contributed by atoms with Gasteiger partial charge in [-0.2, -0.15) is 0 Å². The Kier molecular flexibility index (Phi) is 6.26. The van der Waals surface area contributed by atoms with Crippen LogP contribution in [0.3, 0.4) is 0 Å². The number of hydrogen-bond acceptors (Lipinski definition) is 4. The van der Waals surface area contributed by atoms with Gasteiger partial charge in [-0.3, -0.25) is 14.1 Å². The molecule has 33 heavy (non-hydrogen) atoms. The van der Waals surface area contributed by atoms with Gasteiger partial charge in [-0.1, -0.05) is 51.1 Å². The summed E-state index contributed by atoms with van der Waals surface area (Å²) in [6.45, 7) is 6.67. The van der Waals surface area contributed by atoms with Crippen LogP contribution in [0, 0.1) is 0 Å². The van der Waals surface area contributed by atoms with Gasteiger partial charge in [-0.25, -0.2) is 8.42 Å². The van der Waals surface area contributed by atoms with E-state index >= 15 is 0 Å². The van der Waals surface area contributed by atoms with E-state index in [4.69, 9.17) is 0 Å². The van der Waals surface area contributed by atoms with Crippen molar-refractivity contribution in [3.05, 3.63) is 89.7 Å². The molecule has 0 bridgehead atoms. The van der Waals surface area contributed by atoms with Gasteiger partial charge in [0.2, 0.25) is 5.91 Å². The molecule has 7 heteroatoms. The van der Waals surface area contributed by atoms with E-state index < -0.39 is 16.1 Å².